The summed E-state index contributed by atoms with van der Waals surface area (Å²) in [6.45, 7) is 0. The van der Waals surface area contributed by atoms with Crippen molar-refractivity contribution in [2.45, 2.75) is 16.2 Å². The van der Waals surface area contributed by atoms with Gasteiger partial charge >= 0.3 is 0 Å². The fourth-order valence-corrected chi connectivity index (χ4v) is 7.48. The van der Waals surface area contributed by atoms with Crippen LogP contribution in [0, 0.1) is 0 Å². The number of hydrogen-bond donors (Lipinski definition) is 1. The number of nitrogens with zero attached hydrogens (tertiary/aromatic N) is 2. The highest BCUT2D eigenvalue weighted by atomic mass is 35.5. The molecule has 0 spiro atoms. The van der Waals surface area contributed by atoms with Gasteiger partial charge < -0.3 is 4.98 Å². The number of sulfone groups is 1. The summed E-state index contributed by atoms with van der Waals surface area (Å²) < 4.78 is 29.7. The van der Waals surface area contributed by atoms with Crippen molar-refractivity contribution >= 4 is 56.0 Å². The third kappa shape index (κ3) is 4.93. The van der Waals surface area contributed by atoms with Crippen LogP contribution in [-0.4, -0.2) is 24.4 Å². The van der Waals surface area contributed by atoms with Crippen LogP contribution in [0.1, 0.15) is 17.2 Å². The molecule has 5 nitrogen and oxygen atoms in total. The smallest absolute Gasteiger partial charge is 0.191 e. The summed E-state index contributed by atoms with van der Waals surface area (Å²) in [6, 6.07) is 30.3. The monoisotopic (exact) mass is 605 g/mol. The molecular weight excluding hydrogens is 585 g/mol. The number of H-pyrrole nitrogens is 1. The van der Waals surface area contributed by atoms with Gasteiger partial charge in [0.2, 0.25) is 0 Å². The number of rotatable bonds is 6. The minimum absolute atomic E-state index is 0.176. The Balaban J connectivity index is 1.58. The molecule has 1 N–H and O–H groups in total. The van der Waals surface area contributed by atoms with Crippen molar-refractivity contribution in [3.8, 4) is 11.1 Å². The number of para-hydroxylation sites is 1. The first-order chi connectivity index (χ1) is 19.3. The van der Waals surface area contributed by atoms with E-state index in [0.29, 0.717) is 31.9 Å². The van der Waals surface area contributed by atoms with Gasteiger partial charge in [0.1, 0.15) is 11.3 Å². The molecule has 0 amide bonds. The molecule has 2 atom stereocenters. The number of anilines is 1. The van der Waals surface area contributed by atoms with E-state index in [2.05, 4.69) is 4.98 Å². The molecule has 0 bridgehead atoms. The largest absolute Gasteiger partial charge is 0.366 e. The fraction of sp³-hybridized carbons (Fsp3) is 0.0645. The topological polar surface area (TPSA) is 65.5 Å². The van der Waals surface area contributed by atoms with Crippen LogP contribution in [0.25, 0.3) is 11.1 Å². The summed E-state index contributed by atoms with van der Waals surface area (Å²) in [6.07, 6.45) is 3.22. The van der Waals surface area contributed by atoms with E-state index in [4.69, 9.17) is 39.9 Å². The van der Waals surface area contributed by atoms with E-state index < -0.39 is 21.1 Å². The van der Waals surface area contributed by atoms with E-state index >= 15 is 0 Å². The first-order valence-corrected chi connectivity index (χ1v) is 15.1. The molecular formula is C31H22Cl3N3O2S. The van der Waals surface area contributed by atoms with Crippen molar-refractivity contribution in [2.75, 3.05) is 5.01 Å². The third-order valence-electron chi connectivity index (χ3n) is 6.91. The van der Waals surface area contributed by atoms with E-state index in [-0.39, 0.29) is 4.90 Å². The van der Waals surface area contributed by atoms with Crippen LogP contribution in [0.2, 0.25) is 15.1 Å². The minimum atomic E-state index is -4.04. The first-order valence-electron chi connectivity index (χ1n) is 12.4. The summed E-state index contributed by atoms with van der Waals surface area (Å²) in [4.78, 5) is 3.18. The maximum Gasteiger partial charge on any atom is 0.191 e. The van der Waals surface area contributed by atoms with E-state index in [1.54, 1.807) is 71.9 Å². The van der Waals surface area contributed by atoms with Crippen LogP contribution >= 0.6 is 34.8 Å². The number of aromatic amines is 1. The van der Waals surface area contributed by atoms with E-state index in [1.807, 2.05) is 42.5 Å². The summed E-state index contributed by atoms with van der Waals surface area (Å²) >= 11 is 18.5. The fourth-order valence-electron chi connectivity index (χ4n) is 5.02. The van der Waals surface area contributed by atoms with Crippen molar-refractivity contribution in [2.24, 2.45) is 5.10 Å². The first kappa shape index (κ1) is 26.7. The second-order valence-electron chi connectivity index (χ2n) is 9.37. The van der Waals surface area contributed by atoms with Gasteiger partial charge in [0.05, 0.1) is 16.3 Å². The Morgan fingerprint density at radius 1 is 0.675 bits per heavy atom. The average Bonchev–Trinajstić information content (AvgIpc) is 3.62. The van der Waals surface area contributed by atoms with Gasteiger partial charge in [-0.25, -0.2) is 8.42 Å². The Morgan fingerprint density at radius 3 is 1.82 bits per heavy atom. The number of hydrazone groups is 1. The summed E-state index contributed by atoms with van der Waals surface area (Å²) in [5.41, 5.74) is 3.90. The molecule has 1 aliphatic heterocycles. The Morgan fingerprint density at radius 2 is 1.23 bits per heavy atom. The zero-order valence-electron chi connectivity index (χ0n) is 20.9. The van der Waals surface area contributed by atoms with Gasteiger partial charge in [0, 0.05) is 33.0 Å². The van der Waals surface area contributed by atoms with Crippen molar-refractivity contribution in [1.29, 1.82) is 0 Å². The highest BCUT2D eigenvalue weighted by molar-refractivity contribution is 7.93. The van der Waals surface area contributed by atoms with Gasteiger partial charge in [0.25, 0.3) is 0 Å². The predicted octanol–water partition coefficient (Wildman–Crippen LogP) is 8.45. The minimum Gasteiger partial charge on any atom is -0.366 e. The Kier molecular flexibility index (Phi) is 7.19. The molecule has 0 fully saturated rings. The number of aromatic nitrogens is 1. The van der Waals surface area contributed by atoms with Crippen LogP contribution in [0.15, 0.2) is 126 Å². The van der Waals surface area contributed by atoms with Crippen LogP contribution in [-0.2, 0) is 9.84 Å². The Bertz CT molecular complexity index is 1790. The average molecular weight is 607 g/mol. The van der Waals surface area contributed by atoms with Gasteiger partial charge in [-0.2, -0.15) is 5.10 Å². The van der Waals surface area contributed by atoms with Gasteiger partial charge in [-0.3, -0.25) is 5.01 Å². The van der Waals surface area contributed by atoms with Crippen molar-refractivity contribution in [3.63, 3.8) is 0 Å². The van der Waals surface area contributed by atoms with Gasteiger partial charge in [-0.1, -0.05) is 89.4 Å². The molecule has 2 unspecified atom stereocenters. The van der Waals surface area contributed by atoms with Gasteiger partial charge in [-0.15, -0.1) is 0 Å². The third-order valence-corrected chi connectivity index (χ3v) is 9.77. The zero-order valence-corrected chi connectivity index (χ0v) is 24.0. The highest BCUT2D eigenvalue weighted by Gasteiger charge is 2.49. The van der Waals surface area contributed by atoms with E-state index in [1.165, 1.54) is 6.20 Å². The summed E-state index contributed by atoms with van der Waals surface area (Å²) in [5.74, 6) is 0. The van der Waals surface area contributed by atoms with Crippen LogP contribution in [0.5, 0.6) is 0 Å². The van der Waals surface area contributed by atoms with Gasteiger partial charge in [-0.05, 0) is 65.2 Å². The Hall–Kier alpha value is -3.55. The zero-order chi connectivity index (χ0) is 27.9. The van der Waals surface area contributed by atoms with Crippen LogP contribution in [0.4, 0.5) is 5.69 Å². The molecule has 1 aromatic heterocycles. The quantitative estimate of drug-likeness (QED) is 0.211. The predicted molar refractivity (Wildman–Crippen MR) is 163 cm³/mol. The Labute approximate surface area is 247 Å². The van der Waals surface area contributed by atoms with E-state index in [0.717, 1.165) is 16.8 Å². The molecule has 1 aliphatic rings. The molecule has 0 radical (unpaired) electrons. The molecule has 0 saturated heterocycles. The normalized spacial score (nSPS) is 17.2. The summed E-state index contributed by atoms with van der Waals surface area (Å²) in [7, 11) is -4.04. The van der Waals surface area contributed by atoms with Crippen LogP contribution in [0.3, 0.4) is 0 Å². The standard InChI is InChI=1S/C31H22Cl3N3O2S/c32-23-12-6-20(7-13-23)27-18-35-19-28(27)40(38,39)31-29(21-8-14-24(33)15-9-21)36-37(26-4-2-1-3-5-26)30(31)22-10-16-25(34)17-11-22/h1-19,30-31,35H. The van der Waals surface area contributed by atoms with E-state index in [9.17, 15) is 8.42 Å². The molecule has 5 aromatic rings. The number of benzene rings is 4. The SMILES string of the molecule is O=S(=O)(c1c[nH]cc1-c1ccc(Cl)cc1)C1C(c2ccc(Cl)cc2)=NN(c2ccccc2)C1c1ccc(Cl)cc1. The molecule has 0 saturated carbocycles. The molecule has 4 aromatic carbocycles. The summed E-state index contributed by atoms with van der Waals surface area (Å²) in [5, 5.41) is 7.37. The van der Waals surface area contributed by atoms with Crippen molar-refractivity contribution in [1.82, 2.24) is 4.98 Å². The molecule has 2 heterocycles. The maximum atomic E-state index is 14.8. The lowest BCUT2D eigenvalue weighted by Gasteiger charge is -2.28. The molecule has 9 heteroatoms. The maximum absolute atomic E-state index is 14.8. The second-order valence-corrected chi connectivity index (χ2v) is 12.7. The highest BCUT2D eigenvalue weighted by Crippen LogP contribution is 2.44. The second kappa shape index (κ2) is 10.8. The molecule has 0 aliphatic carbocycles. The van der Waals surface area contributed by atoms with Crippen molar-refractivity contribution < 1.29 is 8.42 Å². The molecule has 200 valence electrons. The molecule has 40 heavy (non-hydrogen) atoms. The van der Waals surface area contributed by atoms with Gasteiger partial charge in [0.15, 0.2) is 9.84 Å². The number of hydrogen-bond acceptors (Lipinski definition) is 4. The van der Waals surface area contributed by atoms with Crippen LogP contribution < -0.4 is 5.01 Å². The number of halogens is 3. The molecule has 6 rings (SSSR count). The lowest BCUT2D eigenvalue weighted by molar-refractivity contribution is 0.578. The lowest BCUT2D eigenvalue weighted by Crippen LogP contribution is -2.37. The number of nitrogens with one attached hydrogen (secondary N) is 1. The lowest BCUT2D eigenvalue weighted by atomic mass is 9.97. The van der Waals surface area contributed by atoms with Crippen molar-refractivity contribution in [3.05, 3.63) is 142 Å².